The van der Waals surface area contributed by atoms with Crippen molar-refractivity contribution in [1.82, 2.24) is 0 Å². The van der Waals surface area contributed by atoms with Gasteiger partial charge in [0.15, 0.2) is 0 Å². The van der Waals surface area contributed by atoms with Gasteiger partial charge in [-0.3, -0.25) is 0 Å². The van der Waals surface area contributed by atoms with Crippen molar-refractivity contribution in [3.05, 3.63) is 29.8 Å². The van der Waals surface area contributed by atoms with Gasteiger partial charge in [-0.15, -0.1) is 0 Å². The van der Waals surface area contributed by atoms with Gasteiger partial charge in [-0.2, -0.15) is 13.2 Å². The van der Waals surface area contributed by atoms with Gasteiger partial charge in [0.05, 0.1) is 11.0 Å². The first-order chi connectivity index (χ1) is 8.70. The number of halogens is 3. The minimum atomic E-state index is -5.38. The average Bonchev–Trinajstić information content (AvgIpc) is 2.28. The summed E-state index contributed by atoms with van der Waals surface area (Å²) in [4.78, 5) is -0.780. The average molecular weight is 296 g/mol. The summed E-state index contributed by atoms with van der Waals surface area (Å²) < 4.78 is 60.4. The fraction of sp³-hybridized carbons (Fsp3) is 0.500. The molecule has 0 aliphatic carbocycles. The van der Waals surface area contributed by atoms with Crippen LogP contribution in [-0.4, -0.2) is 25.1 Å². The summed E-state index contributed by atoms with van der Waals surface area (Å²) in [6, 6.07) is 4.88. The van der Waals surface area contributed by atoms with E-state index in [1.54, 1.807) is 0 Å². The van der Waals surface area contributed by atoms with Crippen LogP contribution in [0.5, 0.6) is 0 Å². The quantitative estimate of drug-likeness (QED) is 0.909. The third kappa shape index (κ3) is 3.70. The molecule has 0 aromatic heterocycles. The fourth-order valence-corrected chi connectivity index (χ4v) is 2.75. The van der Waals surface area contributed by atoms with Gasteiger partial charge in [0.2, 0.25) is 0 Å². The number of hydrogen-bond donors (Lipinski definition) is 1. The number of aliphatic hydroxyl groups excluding tert-OH is 1. The van der Waals surface area contributed by atoms with Gasteiger partial charge in [0.1, 0.15) is 0 Å². The Labute approximate surface area is 110 Å². The monoisotopic (exact) mass is 296 g/mol. The zero-order valence-corrected chi connectivity index (χ0v) is 11.1. The zero-order valence-electron chi connectivity index (χ0n) is 10.3. The highest BCUT2D eigenvalue weighted by molar-refractivity contribution is 7.92. The Bertz CT molecular complexity index is 523. The smallest absolute Gasteiger partial charge is 0.393 e. The van der Waals surface area contributed by atoms with Crippen LogP contribution in [0.2, 0.25) is 0 Å². The second-order valence-electron chi connectivity index (χ2n) is 4.20. The minimum absolute atomic E-state index is 0.0132. The maximum Gasteiger partial charge on any atom is 0.501 e. The summed E-state index contributed by atoms with van der Waals surface area (Å²) in [6.45, 7) is 1.82. The van der Waals surface area contributed by atoms with E-state index in [0.29, 0.717) is 12.8 Å². The van der Waals surface area contributed by atoms with Crippen LogP contribution in [0.25, 0.3) is 0 Å². The van der Waals surface area contributed by atoms with Gasteiger partial charge in [-0.1, -0.05) is 31.5 Å². The summed E-state index contributed by atoms with van der Waals surface area (Å²) >= 11 is 0. The molecular weight excluding hydrogens is 281 g/mol. The molecule has 0 aliphatic heterocycles. The molecule has 7 heteroatoms. The largest absolute Gasteiger partial charge is 0.501 e. The lowest BCUT2D eigenvalue weighted by Gasteiger charge is -2.15. The first-order valence-corrected chi connectivity index (χ1v) is 7.25. The van der Waals surface area contributed by atoms with Crippen LogP contribution in [0.4, 0.5) is 13.2 Å². The number of hydrogen-bond acceptors (Lipinski definition) is 3. The number of sulfone groups is 1. The van der Waals surface area contributed by atoms with Crippen molar-refractivity contribution in [2.75, 3.05) is 0 Å². The van der Waals surface area contributed by atoms with Crippen molar-refractivity contribution >= 4 is 9.84 Å². The zero-order chi connectivity index (χ0) is 14.7. The molecule has 0 saturated carbocycles. The van der Waals surface area contributed by atoms with Crippen LogP contribution >= 0.6 is 0 Å². The fourth-order valence-electron chi connectivity index (χ4n) is 1.75. The topological polar surface area (TPSA) is 54.4 Å². The van der Waals surface area contributed by atoms with Gasteiger partial charge >= 0.3 is 5.51 Å². The Kier molecular flexibility index (Phi) is 4.98. The standard InChI is InChI=1S/C12H15F3O3S/c1-2-5-10(16)8-9-6-3-4-7-11(9)19(17,18)12(13,14)15/h3-4,6-7,10,16H,2,5,8H2,1H3. The van der Waals surface area contributed by atoms with Crippen molar-refractivity contribution in [1.29, 1.82) is 0 Å². The summed E-state index contributed by atoms with van der Waals surface area (Å²) in [5, 5.41) is 9.62. The molecule has 0 saturated heterocycles. The van der Waals surface area contributed by atoms with Crippen molar-refractivity contribution in [2.24, 2.45) is 0 Å². The highest BCUT2D eigenvalue weighted by Gasteiger charge is 2.47. The number of rotatable bonds is 5. The van der Waals surface area contributed by atoms with Gasteiger partial charge in [-0.05, 0) is 24.5 Å². The van der Waals surface area contributed by atoms with E-state index in [9.17, 15) is 26.7 Å². The van der Waals surface area contributed by atoms with Gasteiger partial charge in [0, 0.05) is 0 Å². The van der Waals surface area contributed by atoms with Gasteiger partial charge < -0.3 is 5.11 Å². The predicted molar refractivity (Wildman–Crippen MR) is 64.3 cm³/mol. The first kappa shape index (κ1) is 16.0. The van der Waals surface area contributed by atoms with Crippen LogP contribution in [-0.2, 0) is 16.3 Å². The lowest BCUT2D eigenvalue weighted by atomic mass is 10.0. The molecule has 0 amide bonds. The van der Waals surface area contributed by atoms with E-state index < -0.39 is 26.3 Å². The van der Waals surface area contributed by atoms with Crippen molar-refractivity contribution in [3.8, 4) is 0 Å². The summed E-state index contributed by atoms with van der Waals surface area (Å²) in [5.74, 6) is 0. The van der Waals surface area contributed by atoms with Gasteiger partial charge in [0.25, 0.3) is 9.84 Å². The molecule has 1 atom stereocenters. The second-order valence-corrected chi connectivity index (χ2v) is 6.11. The summed E-state index contributed by atoms with van der Waals surface area (Å²) in [6.07, 6.45) is 0.101. The molecule has 0 fully saturated rings. The van der Waals surface area contributed by atoms with Crippen molar-refractivity contribution < 1.29 is 26.7 Å². The van der Waals surface area contributed by atoms with E-state index >= 15 is 0 Å². The van der Waals surface area contributed by atoms with E-state index in [1.807, 2.05) is 6.92 Å². The Hall–Kier alpha value is -1.08. The molecule has 1 unspecified atom stereocenters. The molecule has 108 valence electrons. The van der Waals surface area contributed by atoms with E-state index in [0.717, 1.165) is 6.07 Å². The van der Waals surface area contributed by atoms with Crippen LogP contribution in [0.15, 0.2) is 29.2 Å². The minimum Gasteiger partial charge on any atom is -0.393 e. The number of alkyl halides is 3. The molecule has 0 radical (unpaired) electrons. The van der Waals surface area contributed by atoms with E-state index in [4.69, 9.17) is 0 Å². The Morgan fingerprint density at radius 1 is 1.26 bits per heavy atom. The molecule has 0 bridgehead atoms. The molecule has 0 aliphatic rings. The number of aliphatic hydroxyl groups is 1. The summed E-state index contributed by atoms with van der Waals surface area (Å²) in [7, 11) is -5.38. The van der Waals surface area contributed by atoms with E-state index in [2.05, 4.69) is 0 Å². The van der Waals surface area contributed by atoms with E-state index in [-0.39, 0.29) is 12.0 Å². The molecule has 0 spiro atoms. The van der Waals surface area contributed by atoms with Gasteiger partial charge in [-0.25, -0.2) is 8.42 Å². The van der Waals surface area contributed by atoms with Crippen LogP contribution in [0.3, 0.4) is 0 Å². The highest BCUT2D eigenvalue weighted by atomic mass is 32.2. The molecule has 3 nitrogen and oxygen atoms in total. The highest BCUT2D eigenvalue weighted by Crippen LogP contribution is 2.32. The van der Waals surface area contributed by atoms with Crippen LogP contribution in [0, 0.1) is 0 Å². The molecule has 1 aromatic carbocycles. The third-order valence-corrected chi connectivity index (χ3v) is 4.23. The first-order valence-electron chi connectivity index (χ1n) is 5.77. The molecule has 1 N–H and O–H groups in total. The second kappa shape index (κ2) is 5.92. The maximum atomic E-state index is 12.5. The SMILES string of the molecule is CCCC(O)Cc1ccccc1S(=O)(=O)C(F)(F)F. The van der Waals surface area contributed by atoms with Crippen LogP contribution < -0.4 is 0 Å². The molecule has 0 heterocycles. The lowest BCUT2D eigenvalue weighted by Crippen LogP contribution is -2.25. The predicted octanol–water partition coefficient (Wildman–Crippen LogP) is 2.68. The lowest BCUT2D eigenvalue weighted by molar-refractivity contribution is -0.0436. The van der Waals surface area contributed by atoms with Crippen LogP contribution in [0.1, 0.15) is 25.3 Å². The Morgan fingerprint density at radius 2 is 1.84 bits per heavy atom. The molecule has 1 aromatic rings. The normalized spacial score (nSPS) is 14.4. The molecule has 19 heavy (non-hydrogen) atoms. The van der Waals surface area contributed by atoms with E-state index in [1.165, 1.54) is 18.2 Å². The molecule has 1 rings (SSSR count). The number of benzene rings is 1. The summed E-state index contributed by atoms with van der Waals surface area (Å²) in [5.41, 5.74) is -5.35. The Morgan fingerprint density at radius 3 is 2.37 bits per heavy atom. The Balaban J connectivity index is 3.17. The third-order valence-electron chi connectivity index (χ3n) is 2.64. The van der Waals surface area contributed by atoms with Crippen molar-refractivity contribution in [2.45, 2.75) is 42.7 Å². The van der Waals surface area contributed by atoms with Crippen molar-refractivity contribution in [3.63, 3.8) is 0 Å². The molecular formula is C12H15F3O3S. The maximum absolute atomic E-state index is 12.5.